The van der Waals surface area contributed by atoms with Gasteiger partial charge in [0.15, 0.2) is 5.44 Å². The molecule has 0 aromatic heterocycles. The first-order chi connectivity index (χ1) is 7.83. The fraction of sp³-hybridized carbons (Fsp3) is 0.300. The highest BCUT2D eigenvalue weighted by atomic mass is 79.9. The van der Waals surface area contributed by atoms with Crippen molar-refractivity contribution in [3.8, 4) is 0 Å². The molecule has 0 unspecified atom stereocenters. The molecule has 0 bridgehead atoms. The van der Waals surface area contributed by atoms with E-state index < -0.39 is 28.5 Å². The maximum absolute atomic E-state index is 12.2. The zero-order chi connectivity index (χ0) is 13.1. The van der Waals surface area contributed by atoms with Crippen LogP contribution in [0.25, 0.3) is 0 Å². The molecule has 0 amide bonds. The van der Waals surface area contributed by atoms with E-state index in [1.807, 2.05) is 0 Å². The Morgan fingerprint density at radius 3 is 2.29 bits per heavy atom. The largest absolute Gasteiger partial charge is 0.444 e. The van der Waals surface area contributed by atoms with Gasteiger partial charge >= 0.3 is 5.51 Å². The van der Waals surface area contributed by atoms with Gasteiger partial charge in [-0.3, -0.25) is 4.79 Å². The quantitative estimate of drug-likeness (QED) is 0.620. The van der Waals surface area contributed by atoms with Crippen LogP contribution in [0.2, 0.25) is 0 Å². The lowest BCUT2D eigenvalue weighted by atomic mass is 10.1. The Kier molecular flexibility index (Phi) is 5.03. The second-order valence-electron chi connectivity index (χ2n) is 3.00. The minimum absolute atomic E-state index is 0.178. The van der Waals surface area contributed by atoms with Crippen LogP contribution in [-0.4, -0.2) is 23.8 Å². The summed E-state index contributed by atoms with van der Waals surface area (Å²) in [6.45, 7) is 0. The van der Waals surface area contributed by atoms with Crippen LogP contribution in [0.4, 0.5) is 13.2 Å². The van der Waals surface area contributed by atoms with E-state index in [-0.39, 0.29) is 5.56 Å². The summed E-state index contributed by atoms with van der Waals surface area (Å²) in [6.07, 6.45) is 0. The second-order valence-corrected chi connectivity index (χ2v) is 5.04. The van der Waals surface area contributed by atoms with E-state index in [1.54, 1.807) is 12.1 Å². The Bertz CT molecular complexity index is 392. The predicted molar refractivity (Wildman–Crippen MR) is 62.9 cm³/mol. The molecule has 1 atom stereocenters. The monoisotopic (exact) mass is 328 g/mol. The number of benzene rings is 1. The topological polar surface area (TPSA) is 26.3 Å². The van der Waals surface area contributed by atoms with Gasteiger partial charge in [-0.15, -0.1) is 0 Å². The van der Waals surface area contributed by atoms with E-state index >= 15 is 0 Å². The lowest BCUT2D eigenvalue weighted by molar-refractivity contribution is -0.0358. The first kappa shape index (κ1) is 14.5. The SMILES string of the molecule is CO[C@@H](SC(F)(F)F)C(=O)c1ccc(Br)cc1. The Morgan fingerprint density at radius 2 is 1.88 bits per heavy atom. The molecule has 1 aromatic carbocycles. The number of alkyl halides is 3. The van der Waals surface area contributed by atoms with Crippen molar-refractivity contribution in [1.29, 1.82) is 0 Å². The number of carbonyl (C=O) groups is 1. The summed E-state index contributed by atoms with van der Waals surface area (Å²) in [4.78, 5) is 11.7. The van der Waals surface area contributed by atoms with Crippen LogP contribution in [-0.2, 0) is 4.74 Å². The molecular formula is C10H8BrF3O2S. The molecule has 1 rings (SSSR count). The van der Waals surface area contributed by atoms with Crippen molar-refractivity contribution in [3.63, 3.8) is 0 Å². The molecule has 0 saturated heterocycles. The number of ketones is 1. The summed E-state index contributed by atoms with van der Waals surface area (Å²) in [5.41, 5.74) is -5.90. The van der Waals surface area contributed by atoms with Crippen LogP contribution in [0.3, 0.4) is 0 Å². The maximum Gasteiger partial charge on any atom is 0.444 e. The van der Waals surface area contributed by atoms with E-state index in [0.29, 0.717) is 0 Å². The first-order valence-corrected chi connectivity index (χ1v) is 6.08. The minimum Gasteiger partial charge on any atom is -0.362 e. The number of hydrogen-bond acceptors (Lipinski definition) is 3. The zero-order valence-electron chi connectivity index (χ0n) is 8.62. The third kappa shape index (κ3) is 4.69. The van der Waals surface area contributed by atoms with Crippen molar-refractivity contribution in [2.24, 2.45) is 0 Å². The van der Waals surface area contributed by atoms with Crippen LogP contribution in [0.1, 0.15) is 10.4 Å². The van der Waals surface area contributed by atoms with Crippen molar-refractivity contribution >= 4 is 33.5 Å². The van der Waals surface area contributed by atoms with Crippen LogP contribution < -0.4 is 0 Å². The molecule has 2 nitrogen and oxygen atoms in total. The van der Waals surface area contributed by atoms with Crippen LogP contribution >= 0.6 is 27.7 Å². The maximum atomic E-state index is 12.2. The van der Waals surface area contributed by atoms with Crippen molar-refractivity contribution in [3.05, 3.63) is 34.3 Å². The summed E-state index contributed by atoms with van der Waals surface area (Å²) >= 11 is 2.70. The summed E-state index contributed by atoms with van der Waals surface area (Å²) in [5, 5.41) is 0. The van der Waals surface area contributed by atoms with Crippen LogP contribution in [0, 0.1) is 0 Å². The number of thioether (sulfide) groups is 1. The average molecular weight is 329 g/mol. The molecule has 0 fully saturated rings. The highest BCUT2D eigenvalue weighted by molar-refractivity contribution is 9.10. The van der Waals surface area contributed by atoms with E-state index in [1.165, 1.54) is 12.1 Å². The molecule has 94 valence electrons. The minimum atomic E-state index is -4.51. The third-order valence-corrected chi connectivity index (χ3v) is 3.21. The van der Waals surface area contributed by atoms with Gasteiger partial charge in [0.25, 0.3) is 0 Å². The Balaban J connectivity index is 2.83. The highest BCUT2D eigenvalue weighted by Gasteiger charge is 2.36. The van der Waals surface area contributed by atoms with E-state index in [9.17, 15) is 18.0 Å². The predicted octanol–water partition coefficient (Wildman–Crippen LogP) is 3.86. The number of hydrogen-bond donors (Lipinski definition) is 0. The van der Waals surface area contributed by atoms with Crippen LogP contribution in [0.15, 0.2) is 28.7 Å². The zero-order valence-corrected chi connectivity index (χ0v) is 11.0. The number of Topliss-reactive ketones (excluding diaryl/α,β-unsaturated/α-hetero) is 1. The number of halogens is 4. The average Bonchev–Trinajstić information content (AvgIpc) is 2.25. The molecule has 1 aromatic rings. The van der Waals surface area contributed by atoms with Gasteiger partial charge in [0.1, 0.15) is 0 Å². The summed E-state index contributed by atoms with van der Waals surface area (Å²) in [6, 6.07) is 6.04. The lowest BCUT2D eigenvalue weighted by Crippen LogP contribution is -2.23. The standard InChI is InChI=1S/C10H8BrF3O2S/c1-16-9(17-10(12,13)14)8(15)6-2-4-7(11)5-3-6/h2-5,9H,1H3/t9-/m0/s1. The highest BCUT2D eigenvalue weighted by Crippen LogP contribution is 2.35. The Morgan fingerprint density at radius 1 is 1.35 bits per heavy atom. The Hall–Kier alpha value is -0.530. The van der Waals surface area contributed by atoms with Crippen molar-refractivity contribution < 1.29 is 22.7 Å². The molecule has 0 radical (unpaired) electrons. The molecule has 0 spiro atoms. The molecule has 0 aliphatic rings. The summed E-state index contributed by atoms with van der Waals surface area (Å²) in [7, 11) is 1.07. The second kappa shape index (κ2) is 5.88. The molecule has 17 heavy (non-hydrogen) atoms. The number of ether oxygens (including phenoxy) is 1. The normalized spacial score (nSPS) is 13.5. The van der Waals surface area contributed by atoms with Crippen LogP contribution in [0.5, 0.6) is 0 Å². The van der Waals surface area contributed by atoms with Gasteiger partial charge in [-0.25, -0.2) is 0 Å². The van der Waals surface area contributed by atoms with Gasteiger partial charge in [0.05, 0.1) is 0 Å². The van der Waals surface area contributed by atoms with Gasteiger partial charge in [-0.2, -0.15) is 13.2 Å². The molecule has 0 aliphatic carbocycles. The van der Waals surface area contributed by atoms with Gasteiger partial charge in [-0.05, 0) is 23.9 Å². The van der Waals surface area contributed by atoms with Gasteiger partial charge in [-0.1, -0.05) is 28.1 Å². The van der Waals surface area contributed by atoms with Gasteiger partial charge in [0, 0.05) is 17.1 Å². The summed E-state index contributed by atoms with van der Waals surface area (Å²) in [5.74, 6) is -0.706. The smallest absolute Gasteiger partial charge is 0.362 e. The summed E-state index contributed by atoms with van der Waals surface area (Å²) < 4.78 is 41.8. The van der Waals surface area contributed by atoms with Gasteiger partial charge in [0.2, 0.25) is 5.78 Å². The van der Waals surface area contributed by atoms with Crippen molar-refractivity contribution in [2.75, 3.05) is 7.11 Å². The molecular weight excluding hydrogens is 321 g/mol. The fourth-order valence-electron chi connectivity index (χ4n) is 1.08. The fourth-order valence-corrected chi connectivity index (χ4v) is 1.93. The number of rotatable bonds is 4. The van der Waals surface area contributed by atoms with Crippen molar-refractivity contribution in [1.82, 2.24) is 0 Å². The molecule has 7 heteroatoms. The third-order valence-electron chi connectivity index (χ3n) is 1.80. The molecule has 0 heterocycles. The van der Waals surface area contributed by atoms with E-state index in [2.05, 4.69) is 20.7 Å². The van der Waals surface area contributed by atoms with E-state index in [4.69, 9.17) is 0 Å². The molecule has 0 aliphatic heterocycles. The lowest BCUT2D eigenvalue weighted by Gasteiger charge is -2.15. The number of carbonyl (C=O) groups excluding carboxylic acids is 1. The number of methoxy groups -OCH3 is 1. The van der Waals surface area contributed by atoms with Crippen molar-refractivity contribution in [2.45, 2.75) is 10.9 Å². The Labute approximate surface area is 109 Å². The van der Waals surface area contributed by atoms with Gasteiger partial charge < -0.3 is 4.74 Å². The molecule has 0 N–H and O–H groups in total. The molecule has 0 saturated carbocycles. The van der Waals surface area contributed by atoms with E-state index in [0.717, 1.165) is 11.6 Å². The first-order valence-electron chi connectivity index (χ1n) is 4.40.